The van der Waals surface area contributed by atoms with Crippen LogP contribution in [0.5, 0.6) is 0 Å². The van der Waals surface area contributed by atoms with Gasteiger partial charge in [-0.15, -0.1) is 0 Å². The van der Waals surface area contributed by atoms with E-state index in [-0.39, 0.29) is 18.0 Å². The van der Waals surface area contributed by atoms with Gasteiger partial charge in [-0.05, 0) is 24.6 Å². The predicted octanol–water partition coefficient (Wildman–Crippen LogP) is 1.30. The van der Waals surface area contributed by atoms with E-state index in [2.05, 4.69) is 9.46 Å². The Morgan fingerprint density at radius 2 is 2.10 bits per heavy atom. The first-order chi connectivity index (χ1) is 9.33. The zero-order valence-corrected chi connectivity index (χ0v) is 11.7. The van der Waals surface area contributed by atoms with E-state index in [9.17, 15) is 22.3 Å². The number of halogens is 2. The molecule has 1 unspecified atom stereocenters. The van der Waals surface area contributed by atoms with Gasteiger partial charge in [-0.1, -0.05) is 12.1 Å². The first-order valence-corrected chi connectivity index (χ1v) is 7.45. The monoisotopic (exact) mass is 309 g/mol. The van der Waals surface area contributed by atoms with Gasteiger partial charge >= 0.3 is 0 Å². The lowest BCUT2D eigenvalue weighted by molar-refractivity contribution is 0.0199. The van der Waals surface area contributed by atoms with Gasteiger partial charge in [0.15, 0.2) is 0 Å². The van der Waals surface area contributed by atoms with Crippen molar-refractivity contribution in [3.8, 4) is 0 Å². The smallest absolute Gasteiger partial charge is 0.261 e. The van der Waals surface area contributed by atoms with E-state index in [0.29, 0.717) is 5.56 Å². The molecule has 0 saturated heterocycles. The zero-order chi connectivity index (χ0) is 15.2. The lowest BCUT2D eigenvalue weighted by Gasteiger charge is -2.10. The lowest BCUT2D eigenvalue weighted by Crippen LogP contribution is -2.28. The van der Waals surface area contributed by atoms with E-state index in [1.54, 1.807) is 6.07 Å². The van der Waals surface area contributed by atoms with Gasteiger partial charge in [-0.3, -0.25) is 0 Å². The standard InChI is InChI=1S/C12H17F2NO4S/c1-9(16)10-3-2-4-11(7-10)20(17,18)15-5-6-19-8-12(13)14/h2-4,7,9,12,15-16H,5-6,8H2,1H3. The fourth-order valence-electron chi connectivity index (χ4n) is 1.45. The van der Waals surface area contributed by atoms with E-state index in [4.69, 9.17) is 0 Å². The van der Waals surface area contributed by atoms with Crippen molar-refractivity contribution in [2.24, 2.45) is 0 Å². The number of aliphatic hydroxyl groups excluding tert-OH is 1. The minimum Gasteiger partial charge on any atom is -0.389 e. The fourth-order valence-corrected chi connectivity index (χ4v) is 2.51. The molecule has 1 aromatic carbocycles. The van der Waals surface area contributed by atoms with Crippen LogP contribution in [0.3, 0.4) is 0 Å². The molecule has 1 atom stereocenters. The third-order valence-electron chi connectivity index (χ3n) is 2.43. The molecule has 0 amide bonds. The van der Waals surface area contributed by atoms with Crippen LogP contribution in [-0.2, 0) is 14.8 Å². The summed E-state index contributed by atoms with van der Waals surface area (Å²) in [6.45, 7) is 0.560. The van der Waals surface area contributed by atoms with E-state index in [0.717, 1.165) is 0 Å². The maximum absolute atomic E-state index is 11.9. The van der Waals surface area contributed by atoms with Crippen LogP contribution in [0.4, 0.5) is 8.78 Å². The van der Waals surface area contributed by atoms with Crippen LogP contribution >= 0.6 is 0 Å². The number of ether oxygens (including phenoxy) is 1. The molecule has 0 heterocycles. The quantitative estimate of drug-likeness (QED) is 0.710. The number of sulfonamides is 1. The fraction of sp³-hybridized carbons (Fsp3) is 0.500. The normalized spacial score (nSPS) is 13.7. The number of rotatable bonds is 8. The second-order valence-corrected chi connectivity index (χ2v) is 5.88. The van der Waals surface area contributed by atoms with Gasteiger partial charge in [0.05, 0.1) is 17.6 Å². The molecule has 1 aromatic rings. The highest BCUT2D eigenvalue weighted by atomic mass is 32.2. The Morgan fingerprint density at radius 1 is 1.40 bits per heavy atom. The van der Waals surface area contributed by atoms with Crippen LogP contribution < -0.4 is 4.72 Å². The maximum Gasteiger partial charge on any atom is 0.261 e. The molecule has 0 aliphatic rings. The molecule has 0 bridgehead atoms. The minimum absolute atomic E-state index is 0.00441. The lowest BCUT2D eigenvalue weighted by atomic mass is 10.1. The van der Waals surface area contributed by atoms with Crippen molar-refractivity contribution in [3.05, 3.63) is 29.8 Å². The average Bonchev–Trinajstić information content (AvgIpc) is 2.38. The molecular weight excluding hydrogens is 292 g/mol. The van der Waals surface area contributed by atoms with Crippen LogP contribution in [0, 0.1) is 0 Å². The van der Waals surface area contributed by atoms with E-state index in [1.807, 2.05) is 0 Å². The van der Waals surface area contributed by atoms with Crippen molar-refractivity contribution in [2.75, 3.05) is 19.8 Å². The topological polar surface area (TPSA) is 75.6 Å². The molecule has 1 rings (SSSR count). The zero-order valence-electron chi connectivity index (χ0n) is 10.9. The third kappa shape index (κ3) is 5.49. The van der Waals surface area contributed by atoms with Gasteiger partial charge in [0.1, 0.15) is 6.61 Å². The SMILES string of the molecule is CC(O)c1cccc(S(=O)(=O)NCCOCC(F)F)c1. The predicted molar refractivity (Wildman–Crippen MR) is 69.1 cm³/mol. The molecule has 0 spiro atoms. The summed E-state index contributed by atoms with van der Waals surface area (Å²) < 4.78 is 54.2. The van der Waals surface area contributed by atoms with Crippen LogP contribution in [0.25, 0.3) is 0 Å². The van der Waals surface area contributed by atoms with Crippen LogP contribution in [0.2, 0.25) is 0 Å². The van der Waals surface area contributed by atoms with Crippen molar-refractivity contribution in [1.82, 2.24) is 4.72 Å². The molecule has 20 heavy (non-hydrogen) atoms. The first-order valence-electron chi connectivity index (χ1n) is 5.96. The highest BCUT2D eigenvalue weighted by Crippen LogP contribution is 2.16. The van der Waals surface area contributed by atoms with Crippen LogP contribution in [0.15, 0.2) is 29.2 Å². The highest BCUT2D eigenvalue weighted by Gasteiger charge is 2.15. The summed E-state index contributed by atoms with van der Waals surface area (Å²) in [5, 5.41) is 9.41. The largest absolute Gasteiger partial charge is 0.389 e. The van der Waals surface area contributed by atoms with Crippen molar-refractivity contribution in [1.29, 1.82) is 0 Å². The summed E-state index contributed by atoms with van der Waals surface area (Å²) in [5.41, 5.74) is 0.474. The maximum atomic E-state index is 11.9. The Hall–Kier alpha value is -1.09. The van der Waals surface area contributed by atoms with Gasteiger partial charge in [-0.25, -0.2) is 21.9 Å². The summed E-state index contributed by atoms with van der Waals surface area (Å²) in [5.74, 6) is 0. The number of alkyl halides is 2. The number of aliphatic hydroxyl groups is 1. The molecule has 114 valence electrons. The molecule has 0 aliphatic heterocycles. The Labute approximate surface area is 116 Å². The van der Waals surface area contributed by atoms with Gasteiger partial charge in [-0.2, -0.15) is 0 Å². The molecule has 8 heteroatoms. The second kappa shape index (κ2) is 7.63. The van der Waals surface area contributed by atoms with Gasteiger partial charge in [0, 0.05) is 6.54 Å². The molecular formula is C12H17F2NO4S. The number of hydrogen-bond acceptors (Lipinski definition) is 4. The number of nitrogens with one attached hydrogen (secondary N) is 1. The second-order valence-electron chi connectivity index (χ2n) is 4.11. The minimum atomic E-state index is -3.75. The number of benzene rings is 1. The molecule has 2 N–H and O–H groups in total. The Morgan fingerprint density at radius 3 is 2.70 bits per heavy atom. The summed E-state index contributed by atoms with van der Waals surface area (Å²) in [6, 6.07) is 5.86. The van der Waals surface area contributed by atoms with Crippen molar-refractivity contribution < 1.29 is 27.0 Å². The van der Waals surface area contributed by atoms with E-state index < -0.39 is 29.2 Å². The molecule has 0 aliphatic carbocycles. The van der Waals surface area contributed by atoms with Gasteiger partial charge < -0.3 is 9.84 Å². The Bertz CT molecular complexity index is 520. The van der Waals surface area contributed by atoms with Gasteiger partial charge in [0.2, 0.25) is 10.0 Å². The van der Waals surface area contributed by atoms with E-state index in [1.165, 1.54) is 25.1 Å². The molecule has 0 saturated carbocycles. The van der Waals surface area contributed by atoms with Crippen molar-refractivity contribution in [3.63, 3.8) is 0 Å². The molecule has 0 radical (unpaired) electrons. The Balaban J connectivity index is 2.58. The summed E-state index contributed by atoms with van der Waals surface area (Å²) in [6.07, 6.45) is -3.35. The average molecular weight is 309 g/mol. The first kappa shape index (κ1) is 17.0. The van der Waals surface area contributed by atoms with Crippen LogP contribution in [0.1, 0.15) is 18.6 Å². The summed E-state index contributed by atoms with van der Waals surface area (Å²) >= 11 is 0. The van der Waals surface area contributed by atoms with Crippen LogP contribution in [-0.4, -0.2) is 39.7 Å². The van der Waals surface area contributed by atoms with Crippen molar-refractivity contribution >= 4 is 10.0 Å². The molecule has 0 aromatic heterocycles. The molecule has 5 nitrogen and oxygen atoms in total. The summed E-state index contributed by atoms with van der Waals surface area (Å²) in [4.78, 5) is 0.00441. The third-order valence-corrected chi connectivity index (χ3v) is 3.89. The Kier molecular flexibility index (Phi) is 6.47. The number of hydrogen-bond donors (Lipinski definition) is 2. The molecule has 0 fully saturated rings. The van der Waals surface area contributed by atoms with Crippen molar-refractivity contribution in [2.45, 2.75) is 24.3 Å². The van der Waals surface area contributed by atoms with Gasteiger partial charge in [0.25, 0.3) is 6.43 Å². The summed E-state index contributed by atoms with van der Waals surface area (Å²) in [7, 11) is -3.75. The van der Waals surface area contributed by atoms with E-state index >= 15 is 0 Å². The highest BCUT2D eigenvalue weighted by molar-refractivity contribution is 7.89.